The number of hydrogen-bond donors (Lipinski definition) is 6. The van der Waals surface area contributed by atoms with Crippen LogP contribution in [0.3, 0.4) is 0 Å². The molecule has 0 rings (SSSR count). The fraction of sp³-hybridized carbons (Fsp3) is 0. The predicted octanol–water partition coefficient (Wildman–Crippen LogP) is -0.865. The fourth-order valence-electron chi connectivity index (χ4n) is 0.428. The Hall–Kier alpha value is -3.96. The van der Waals surface area contributed by atoms with Crippen LogP contribution in [0.25, 0.3) is 0 Å². The molecule has 0 aromatic rings. The van der Waals surface area contributed by atoms with E-state index in [1.54, 1.807) is 0 Å². The lowest BCUT2D eigenvalue weighted by atomic mass is 10.5. The molecule has 0 aliphatic rings. The van der Waals surface area contributed by atoms with Crippen molar-refractivity contribution in [1.29, 1.82) is 0 Å². The first-order valence-electron chi connectivity index (χ1n) is 5.30. The van der Waals surface area contributed by atoms with Crippen LogP contribution in [0.5, 0.6) is 0 Å². The summed E-state index contributed by atoms with van der Waals surface area (Å²) in [6.07, 6.45) is 3.35. The van der Waals surface area contributed by atoms with Crippen molar-refractivity contribution < 1.29 is 59.4 Å². The summed E-state index contributed by atoms with van der Waals surface area (Å²) in [6, 6.07) is 0. The number of rotatable bonds is 6. The number of carboxylic acids is 6. The monoisotopic (exact) mass is 348 g/mol. The first-order chi connectivity index (χ1) is 10.9. The molecular formula is C12H12O12. The topological polar surface area (TPSA) is 224 Å². The SMILES string of the molecule is O=C(O)/C=C/C(=O)O.O=C(O)/C=C\C(=O)O.O=C(O)/C=C\C(=O)O. The summed E-state index contributed by atoms with van der Waals surface area (Å²) in [6.45, 7) is 0. The van der Waals surface area contributed by atoms with Crippen molar-refractivity contribution in [2.45, 2.75) is 0 Å². The van der Waals surface area contributed by atoms with Gasteiger partial charge in [-0.2, -0.15) is 0 Å². The van der Waals surface area contributed by atoms with Crippen LogP contribution in [0.4, 0.5) is 0 Å². The average Bonchev–Trinajstić information content (AvgIpc) is 2.42. The molecule has 0 aromatic carbocycles. The van der Waals surface area contributed by atoms with Crippen LogP contribution in [-0.4, -0.2) is 66.5 Å². The second-order valence-corrected chi connectivity index (χ2v) is 3.03. The zero-order chi connectivity index (χ0) is 19.7. The molecular weight excluding hydrogens is 336 g/mol. The highest BCUT2D eigenvalue weighted by molar-refractivity contribution is 5.90. The molecule has 6 N–H and O–H groups in total. The molecule has 0 aliphatic heterocycles. The van der Waals surface area contributed by atoms with Gasteiger partial charge < -0.3 is 30.6 Å². The lowest BCUT2D eigenvalue weighted by molar-refractivity contribution is -0.134. The van der Waals surface area contributed by atoms with E-state index in [0.717, 1.165) is 0 Å². The first-order valence-corrected chi connectivity index (χ1v) is 5.30. The second-order valence-electron chi connectivity index (χ2n) is 3.03. The van der Waals surface area contributed by atoms with Crippen LogP contribution in [-0.2, 0) is 28.8 Å². The normalized spacial score (nSPS) is 9.50. The Morgan fingerprint density at radius 2 is 0.417 bits per heavy atom. The van der Waals surface area contributed by atoms with E-state index in [1.165, 1.54) is 0 Å². The highest BCUT2D eigenvalue weighted by atomic mass is 16.4. The number of carbonyl (C=O) groups is 6. The van der Waals surface area contributed by atoms with Crippen LogP contribution < -0.4 is 0 Å². The van der Waals surface area contributed by atoms with Gasteiger partial charge in [-0.3, -0.25) is 0 Å². The van der Waals surface area contributed by atoms with Crippen LogP contribution >= 0.6 is 0 Å². The summed E-state index contributed by atoms with van der Waals surface area (Å²) < 4.78 is 0. The molecule has 0 amide bonds. The molecule has 0 fully saturated rings. The van der Waals surface area contributed by atoms with Crippen molar-refractivity contribution in [2.24, 2.45) is 0 Å². The summed E-state index contributed by atoms with van der Waals surface area (Å²) in [7, 11) is 0. The zero-order valence-corrected chi connectivity index (χ0v) is 11.6. The first kappa shape index (κ1) is 25.0. The largest absolute Gasteiger partial charge is 0.478 e. The zero-order valence-electron chi connectivity index (χ0n) is 11.6. The van der Waals surface area contributed by atoms with E-state index < -0.39 is 35.8 Å². The van der Waals surface area contributed by atoms with Gasteiger partial charge in [0.25, 0.3) is 0 Å². The molecule has 0 aromatic heterocycles. The van der Waals surface area contributed by atoms with Crippen molar-refractivity contribution in [3.63, 3.8) is 0 Å². The molecule has 0 unspecified atom stereocenters. The van der Waals surface area contributed by atoms with Crippen molar-refractivity contribution in [3.05, 3.63) is 36.5 Å². The van der Waals surface area contributed by atoms with Crippen LogP contribution in [0, 0.1) is 0 Å². The van der Waals surface area contributed by atoms with Crippen molar-refractivity contribution in [2.75, 3.05) is 0 Å². The van der Waals surface area contributed by atoms with Gasteiger partial charge >= 0.3 is 35.8 Å². The Morgan fingerprint density at radius 1 is 0.333 bits per heavy atom. The van der Waals surface area contributed by atoms with E-state index >= 15 is 0 Å². The second kappa shape index (κ2) is 15.4. The summed E-state index contributed by atoms with van der Waals surface area (Å²) >= 11 is 0. The van der Waals surface area contributed by atoms with Crippen molar-refractivity contribution in [1.82, 2.24) is 0 Å². The van der Waals surface area contributed by atoms with Crippen LogP contribution in [0.15, 0.2) is 36.5 Å². The quantitative estimate of drug-likeness (QED) is 0.322. The van der Waals surface area contributed by atoms with Gasteiger partial charge in [-0.1, -0.05) is 0 Å². The number of hydrogen-bond acceptors (Lipinski definition) is 6. The molecule has 24 heavy (non-hydrogen) atoms. The third-order valence-electron chi connectivity index (χ3n) is 1.11. The fourth-order valence-corrected chi connectivity index (χ4v) is 0.428. The van der Waals surface area contributed by atoms with Gasteiger partial charge in [-0.25, -0.2) is 28.8 Å². The molecule has 0 heterocycles. The van der Waals surface area contributed by atoms with Crippen molar-refractivity contribution >= 4 is 35.8 Å². The molecule has 0 spiro atoms. The Kier molecular flexibility index (Phi) is 16.1. The molecule has 0 saturated heterocycles. The van der Waals surface area contributed by atoms with Gasteiger partial charge in [-0.05, 0) is 0 Å². The highest BCUT2D eigenvalue weighted by Gasteiger charge is 1.89. The van der Waals surface area contributed by atoms with E-state index in [2.05, 4.69) is 0 Å². The van der Waals surface area contributed by atoms with Gasteiger partial charge in [0.1, 0.15) is 0 Å². The predicted molar refractivity (Wildman–Crippen MR) is 73.2 cm³/mol. The molecule has 0 aliphatic carbocycles. The summed E-state index contributed by atoms with van der Waals surface area (Å²) in [5.41, 5.74) is 0. The summed E-state index contributed by atoms with van der Waals surface area (Å²) in [5, 5.41) is 46.9. The van der Waals surface area contributed by atoms with E-state index in [4.69, 9.17) is 30.6 Å². The standard InChI is InChI=1S/3C4H4O4/c3*5-3(6)1-2-4(7)8/h3*1-2H,(H,5,6)(H,7,8)/b2-1+;2*2-1-. The molecule has 12 heteroatoms. The van der Waals surface area contributed by atoms with Gasteiger partial charge in [0, 0.05) is 36.5 Å². The van der Waals surface area contributed by atoms with Gasteiger partial charge in [0.15, 0.2) is 0 Å². The van der Waals surface area contributed by atoms with Gasteiger partial charge in [0.05, 0.1) is 0 Å². The van der Waals surface area contributed by atoms with Crippen LogP contribution in [0.1, 0.15) is 0 Å². The lowest BCUT2D eigenvalue weighted by Gasteiger charge is -1.74. The Labute approximate surface area is 132 Å². The molecule has 12 nitrogen and oxygen atoms in total. The lowest BCUT2D eigenvalue weighted by Crippen LogP contribution is -1.91. The minimum Gasteiger partial charge on any atom is -0.478 e. The van der Waals surface area contributed by atoms with Crippen molar-refractivity contribution in [3.8, 4) is 0 Å². The highest BCUT2D eigenvalue weighted by Crippen LogP contribution is 1.71. The smallest absolute Gasteiger partial charge is 0.328 e. The maximum atomic E-state index is 9.55. The maximum Gasteiger partial charge on any atom is 0.328 e. The van der Waals surface area contributed by atoms with E-state index in [-0.39, 0.29) is 0 Å². The van der Waals surface area contributed by atoms with Gasteiger partial charge in [0.2, 0.25) is 0 Å². The number of aliphatic carboxylic acids is 6. The summed E-state index contributed by atoms with van der Waals surface area (Å²) in [4.78, 5) is 57.3. The number of carboxylic acid groups (broad SMARTS) is 6. The molecule has 0 atom stereocenters. The third kappa shape index (κ3) is 43.0. The third-order valence-corrected chi connectivity index (χ3v) is 1.11. The average molecular weight is 348 g/mol. The molecule has 0 radical (unpaired) electrons. The molecule has 0 saturated carbocycles. The van der Waals surface area contributed by atoms with Gasteiger partial charge in [-0.15, -0.1) is 0 Å². The minimum absolute atomic E-state index is 0.558. The van der Waals surface area contributed by atoms with Crippen LogP contribution in [0.2, 0.25) is 0 Å². The molecule has 132 valence electrons. The molecule has 0 bridgehead atoms. The maximum absolute atomic E-state index is 9.55. The Bertz CT molecular complexity index is 438. The minimum atomic E-state index is -1.26. The Morgan fingerprint density at radius 3 is 0.458 bits per heavy atom. The summed E-state index contributed by atoms with van der Waals surface area (Å²) in [5.74, 6) is -7.54. The van der Waals surface area contributed by atoms with E-state index in [1.807, 2.05) is 0 Å². The van der Waals surface area contributed by atoms with E-state index in [9.17, 15) is 28.8 Å². The van der Waals surface area contributed by atoms with E-state index in [0.29, 0.717) is 36.5 Å². The Balaban J connectivity index is -0.000000276.